The van der Waals surface area contributed by atoms with Gasteiger partial charge in [-0.1, -0.05) is 0 Å². The average molecular weight is 654 g/mol. The third-order valence-electron chi connectivity index (χ3n) is 4.68. The van der Waals surface area contributed by atoms with Crippen molar-refractivity contribution >= 4 is 48.5 Å². The average Bonchev–Trinajstić information content (AvgIpc) is 3.23. The zero-order valence-electron chi connectivity index (χ0n) is 19.1. The summed E-state index contributed by atoms with van der Waals surface area (Å²) in [5.41, 5.74) is 0.408. The van der Waals surface area contributed by atoms with Gasteiger partial charge in [-0.05, 0) is 87.1 Å². The van der Waals surface area contributed by atoms with E-state index in [4.69, 9.17) is 0 Å². The van der Waals surface area contributed by atoms with E-state index in [1.165, 1.54) is 33.9 Å². The molecule has 0 atom stereocenters. The van der Waals surface area contributed by atoms with Crippen LogP contribution in [0.5, 0.6) is 0 Å². The number of hydrogen-bond acceptors (Lipinski definition) is 8. The molecule has 1 aromatic heterocycles. The third-order valence-corrected chi connectivity index (χ3v) is 7.14. The molecule has 0 aliphatic heterocycles. The Morgan fingerprint density at radius 1 is 0.944 bits per heavy atom. The maximum Gasteiger partial charge on any atom is 1.00 e. The summed E-state index contributed by atoms with van der Waals surface area (Å²) in [5, 5.41) is 19.6. The van der Waals surface area contributed by atoms with Crippen LogP contribution in [0.4, 0.5) is 5.69 Å². The number of rotatable bonds is 6. The Morgan fingerprint density at radius 2 is 1.56 bits per heavy atom. The van der Waals surface area contributed by atoms with Crippen LogP contribution in [0.2, 0.25) is 0 Å². The fourth-order valence-corrected chi connectivity index (χ4v) is 4.72. The van der Waals surface area contributed by atoms with E-state index in [2.05, 4.69) is 32.8 Å². The number of nitro benzene ring substituents is 1. The Morgan fingerprint density at radius 3 is 2.08 bits per heavy atom. The van der Waals surface area contributed by atoms with Crippen molar-refractivity contribution in [3.63, 3.8) is 0 Å². The van der Waals surface area contributed by atoms with Gasteiger partial charge in [-0.3, -0.25) is 19.2 Å². The predicted octanol–water partition coefficient (Wildman–Crippen LogP) is -0.666. The number of halogens is 1. The first-order chi connectivity index (χ1) is 16.3. The minimum atomic E-state index is -4.97. The Balaban J connectivity index is 0.00000241. The van der Waals surface area contributed by atoms with E-state index in [0.29, 0.717) is 17.4 Å². The van der Waals surface area contributed by atoms with Crippen molar-refractivity contribution < 1.29 is 66.6 Å². The molecular weight excluding hydrogens is 640 g/mol. The Hall–Kier alpha value is -2.32. The second kappa shape index (κ2) is 10.6. The van der Waals surface area contributed by atoms with Gasteiger partial charge in [0, 0.05) is 20.5 Å². The molecule has 0 saturated carbocycles. The molecule has 0 aliphatic carbocycles. The van der Waals surface area contributed by atoms with E-state index >= 15 is 0 Å². The van der Waals surface area contributed by atoms with Crippen LogP contribution >= 0.6 is 22.6 Å². The zero-order valence-corrected chi connectivity index (χ0v) is 23.9. The fraction of sp³-hybridized carbons (Fsp3) is 0. The van der Waals surface area contributed by atoms with Gasteiger partial charge in [0.15, 0.2) is 5.69 Å². The SMILES string of the molecule is O=[N+]([O-])c1ccc(-[n+]2nc(-c3ccc(S(=O)(=O)O)cc3S(=O)(=O)O)nn2-c2ccc(I)cc2)cc1.[H-].[Na+]. The van der Waals surface area contributed by atoms with Crippen molar-refractivity contribution in [2.45, 2.75) is 9.79 Å². The molecule has 4 aromatic rings. The molecular formula is C19H14IN5NaO8S2+. The van der Waals surface area contributed by atoms with Gasteiger partial charge in [0.1, 0.15) is 10.6 Å². The maximum atomic E-state index is 12.0. The summed E-state index contributed by atoms with van der Waals surface area (Å²) < 4.78 is 66.9. The van der Waals surface area contributed by atoms with Gasteiger partial charge in [-0.25, -0.2) is 0 Å². The molecule has 0 bridgehead atoms. The number of non-ortho nitro benzene ring substituents is 1. The number of nitro groups is 1. The molecule has 0 unspecified atom stereocenters. The van der Waals surface area contributed by atoms with E-state index in [-0.39, 0.29) is 48.1 Å². The van der Waals surface area contributed by atoms with Crippen molar-refractivity contribution in [3.8, 4) is 22.8 Å². The molecule has 36 heavy (non-hydrogen) atoms. The van der Waals surface area contributed by atoms with Gasteiger partial charge in [-0.15, -0.1) is 0 Å². The first kappa shape index (κ1) is 28.3. The largest absolute Gasteiger partial charge is 1.00 e. The smallest absolute Gasteiger partial charge is 1.00 e. The summed E-state index contributed by atoms with van der Waals surface area (Å²) in [4.78, 5) is 11.4. The molecule has 182 valence electrons. The number of aromatic nitrogens is 4. The summed E-state index contributed by atoms with van der Waals surface area (Å²) in [5.74, 6) is -0.226. The molecule has 3 aromatic carbocycles. The number of hydrogen-bond donors (Lipinski definition) is 2. The monoisotopic (exact) mass is 654 g/mol. The molecule has 0 aliphatic rings. The summed E-state index contributed by atoms with van der Waals surface area (Å²) in [6.07, 6.45) is 0. The third kappa shape index (κ3) is 5.97. The van der Waals surface area contributed by atoms with E-state index < -0.39 is 35.0 Å². The van der Waals surface area contributed by atoms with E-state index in [9.17, 15) is 36.1 Å². The molecule has 17 heteroatoms. The number of tetrazole rings is 1. The number of benzene rings is 3. The van der Waals surface area contributed by atoms with Gasteiger partial charge in [0.05, 0.1) is 20.5 Å². The van der Waals surface area contributed by atoms with Crippen LogP contribution in [0.15, 0.2) is 76.5 Å². The van der Waals surface area contributed by atoms with E-state index in [1.807, 2.05) is 0 Å². The Bertz CT molecular complexity index is 1680. The van der Waals surface area contributed by atoms with Crippen LogP contribution in [0, 0.1) is 13.7 Å². The van der Waals surface area contributed by atoms with Crippen LogP contribution in [0.3, 0.4) is 0 Å². The van der Waals surface area contributed by atoms with E-state index in [1.54, 1.807) is 24.3 Å². The fourth-order valence-electron chi connectivity index (χ4n) is 3.07. The van der Waals surface area contributed by atoms with Gasteiger partial charge in [0.2, 0.25) is 0 Å². The van der Waals surface area contributed by atoms with Crippen LogP contribution in [0.1, 0.15) is 1.43 Å². The van der Waals surface area contributed by atoms with Crippen LogP contribution in [-0.4, -0.2) is 45.9 Å². The van der Waals surface area contributed by atoms with Crippen LogP contribution < -0.4 is 34.4 Å². The first-order valence-corrected chi connectivity index (χ1v) is 13.3. The predicted molar refractivity (Wildman–Crippen MR) is 128 cm³/mol. The van der Waals surface area contributed by atoms with Gasteiger partial charge < -0.3 is 1.43 Å². The summed E-state index contributed by atoms with van der Waals surface area (Å²) >= 11 is 2.10. The second-order valence-electron chi connectivity index (χ2n) is 6.96. The Labute approximate surface area is 241 Å². The summed E-state index contributed by atoms with van der Waals surface area (Å²) in [6, 6.07) is 14.8. The van der Waals surface area contributed by atoms with Gasteiger partial charge in [0.25, 0.3) is 25.9 Å². The van der Waals surface area contributed by atoms with Crippen LogP contribution in [0.25, 0.3) is 22.8 Å². The van der Waals surface area contributed by atoms with Crippen molar-refractivity contribution in [2.24, 2.45) is 0 Å². The van der Waals surface area contributed by atoms with Gasteiger partial charge in [-0.2, -0.15) is 16.8 Å². The van der Waals surface area contributed by atoms with Crippen molar-refractivity contribution in [3.05, 3.63) is 80.4 Å². The molecule has 0 radical (unpaired) electrons. The Kier molecular flexibility index (Phi) is 8.30. The summed E-state index contributed by atoms with van der Waals surface area (Å²) in [7, 11) is -9.74. The molecule has 13 nitrogen and oxygen atoms in total. The minimum Gasteiger partial charge on any atom is -1.00 e. The molecule has 2 N–H and O–H groups in total. The normalized spacial score (nSPS) is 11.6. The maximum absolute atomic E-state index is 12.0. The molecule has 0 fully saturated rings. The van der Waals surface area contributed by atoms with Crippen molar-refractivity contribution in [1.29, 1.82) is 0 Å². The molecule has 4 rings (SSSR count). The standard InChI is InChI=1S/C19H12IN5O8S2.Na.H/c20-12-1-3-13(4-2-12)23-21-19(22-24(23)14-5-7-15(8-6-14)25(26)27)17-10-9-16(34(28,29)30)11-18(17)35(31,32)33;;/h1-11H,(H-,28,29,30,31,32,33);;/q;+1;-1/p+1. The molecule has 0 saturated heterocycles. The molecule has 1 heterocycles. The van der Waals surface area contributed by atoms with Crippen LogP contribution in [-0.2, 0) is 20.2 Å². The quantitative estimate of drug-likeness (QED) is 0.0675. The first-order valence-electron chi connectivity index (χ1n) is 9.34. The topological polar surface area (TPSA) is 186 Å². The van der Waals surface area contributed by atoms with Crippen molar-refractivity contribution in [1.82, 2.24) is 15.0 Å². The minimum absolute atomic E-state index is 0. The summed E-state index contributed by atoms with van der Waals surface area (Å²) in [6.45, 7) is 0. The van der Waals surface area contributed by atoms with Crippen molar-refractivity contribution in [2.75, 3.05) is 0 Å². The molecule has 0 amide bonds. The van der Waals surface area contributed by atoms with E-state index in [0.717, 1.165) is 15.7 Å². The zero-order chi connectivity index (χ0) is 25.5. The number of nitrogens with zero attached hydrogens (tertiary/aromatic N) is 5. The van der Waals surface area contributed by atoms with Gasteiger partial charge >= 0.3 is 35.4 Å². The second-order valence-corrected chi connectivity index (χ2v) is 11.0. The molecule has 0 spiro atoms.